The number of rotatable bonds is 3. The van der Waals surface area contributed by atoms with Crippen LogP contribution in [0.3, 0.4) is 0 Å². The predicted octanol–water partition coefficient (Wildman–Crippen LogP) is 1.76. The fraction of sp³-hybridized carbons (Fsp3) is 0.562. The van der Waals surface area contributed by atoms with Crippen molar-refractivity contribution >= 4 is 17.7 Å². The molecule has 2 aliphatic rings. The summed E-state index contributed by atoms with van der Waals surface area (Å²) in [5.41, 5.74) is 2.85. The standard InChI is InChI=1S/C16H22N2OS/c19-16(10-15-11-20-8-7-17-15)18-14-6-5-12-3-1-2-4-13(12)9-14/h1-4,14-15,17H,5-11H2,(H,18,19). The van der Waals surface area contributed by atoms with Crippen molar-refractivity contribution in [1.29, 1.82) is 0 Å². The van der Waals surface area contributed by atoms with Crippen molar-refractivity contribution in [2.24, 2.45) is 0 Å². The van der Waals surface area contributed by atoms with E-state index in [0.717, 1.165) is 37.3 Å². The molecule has 20 heavy (non-hydrogen) atoms. The molecular weight excluding hydrogens is 268 g/mol. The van der Waals surface area contributed by atoms with Crippen LogP contribution >= 0.6 is 11.8 Å². The largest absolute Gasteiger partial charge is 0.353 e. The molecule has 0 spiro atoms. The first-order chi connectivity index (χ1) is 9.81. The normalized spacial score (nSPS) is 25.8. The first kappa shape index (κ1) is 14.0. The van der Waals surface area contributed by atoms with E-state index < -0.39 is 0 Å². The monoisotopic (exact) mass is 290 g/mol. The van der Waals surface area contributed by atoms with Gasteiger partial charge in [-0.3, -0.25) is 4.79 Å². The highest BCUT2D eigenvalue weighted by Crippen LogP contribution is 2.21. The van der Waals surface area contributed by atoms with Gasteiger partial charge in [0.1, 0.15) is 0 Å². The average molecular weight is 290 g/mol. The van der Waals surface area contributed by atoms with Gasteiger partial charge in [0, 0.05) is 36.6 Å². The highest BCUT2D eigenvalue weighted by atomic mass is 32.2. The van der Waals surface area contributed by atoms with Crippen molar-refractivity contribution in [3.63, 3.8) is 0 Å². The summed E-state index contributed by atoms with van der Waals surface area (Å²) in [6, 6.07) is 9.25. The number of carbonyl (C=O) groups excluding carboxylic acids is 1. The van der Waals surface area contributed by atoms with Crippen molar-refractivity contribution in [3.8, 4) is 0 Å². The van der Waals surface area contributed by atoms with Crippen molar-refractivity contribution < 1.29 is 4.79 Å². The molecule has 0 radical (unpaired) electrons. The molecule has 0 aromatic heterocycles. The van der Waals surface area contributed by atoms with Gasteiger partial charge in [-0.15, -0.1) is 0 Å². The Labute approximate surface area is 124 Å². The number of hydrogen-bond donors (Lipinski definition) is 2. The van der Waals surface area contributed by atoms with Crippen LogP contribution in [0.4, 0.5) is 0 Å². The fourth-order valence-electron chi connectivity index (χ4n) is 3.08. The van der Waals surface area contributed by atoms with Crippen LogP contribution in [0.25, 0.3) is 0 Å². The first-order valence-corrected chi connectivity index (χ1v) is 8.64. The Kier molecular flexibility index (Phi) is 4.63. The van der Waals surface area contributed by atoms with E-state index in [1.807, 2.05) is 11.8 Å². The summed E-state index contributed by atoms with van der Waals surface area (Å²) in [6.45, 7) is 1.03. The summed E-state index contributed by atoms with van der Waals surface area (Å²) in [6.07, 6.45) is 3.74. The second kappa shape index (κ2) is 6.64. The minimum Gasteiger partial charge on any atom is -0.353 e. The predicted molar refractivity (Wildman–Crippen MR) is 84.1 cm³/mol. The quantitative estimate of drug-likeness (QED) is 0.891. The molecule has 4 heteroatoms. The van der Waals surface area contributed by atoms with Crippen LogP contribution in [-0.2, 0) is 17.6 Å². The molecule has 3 nitrogen and oxygen atoms in total. The second-order valence-corrected chi connectivity index (χ2v) is 6.86. The Morgan fingerprint density at radius 2 is 2.20 bits per heavy atom. The Morgan fingerprint density at radius 1 is 1.35 bits per heavy atom. The van der Waals surface area contributed by atoms with Crippen LogP contribution in [0.5, 0.6) is 0 Å². The van der Waals surface area contributed by atoms with Crippen molar-refractivity contribution in [3.05, 3.63) is 35.4 Å². The van der Waals surface area contributed by atoms with E-state index in [-0.39, 0.29) is 5.91 Å². The maximum Gasteiger partial charge on any atom is 0.221 e. The van der Waals surface area contributed by atoms with E-state index in [1.165, 1.54) is 11.1 Å². The van der Waals surface area contributed by atoms with Gasteiger partial charge in [0.2, 0.25) is 5.91 Å². The molecule has 1 aliphatic carbocycles. The Hall–Kier alpha value is -1.00. The zero-order valence-corrected chi connectivity index (χ0v) is 12.5. The van der Waals surface area contributed by atoms with Crippen LogP contribution in [0.2, 0.25) is 0 Å². The summed E-state index contributed by atoms with van der Waals surface area (Å²) in [5.74, 6) is 2.42. The average Bonchev–Trinajstić information content (AvgIpc) is 2.48. The summed E-state index contributed by atoms with van der Waals surface area (Å²) in [5, 5.41) is 6.64. The lowest BCUT2D eigenvalue weighted by Crippen LogP contribution is -2.44. The smallest absolute Gasteiger partial charge is 0.221 e. The summed E-state index contributed by atoms with van der Waals surface area (Å²) < 4.78 is 0. The van der Waals surface area contributed by atoms with Crippen molar-refractivity contribution in [1.82, 2.24) is 10.6 Å². The molecule has 1 aliphatic heterocycles. The van der Waals surface area contributed by atoms with Gasteiger partial charge < -0.3 is 10.6 Å². The van der Waals surface area contributed by atoms with E-state index in [2.05, 4.69) is 34.9 Å². The summed E-state index contributed by atoms with van der Waals surface area (Å²) in [7, 11) is 0. The lowest BCUT2D eigenvalue weighted by atomic mass is 9.88. The van der Waals surface area contributed by atoms with Crippen LogP contribution in [-0.4, -0.2) is 36.0 Å². The fourth-order valence-corrected chi connectivity index (χ4v) is 4.03. The van der Waals surface area contributed by atoms with Gasteiger partial charge in [0.15, 0.2) is 0 Å². The maximum atomic E-state index is 12.1. The number of aryl methyl sites for hydroxylation is 1. The molecule has 1 amide bonds. The first-order valence-electron chi connectivity index (χ1n) is 7.48. The third-order valence-corrected chi connectivity index (χ3v) is 5.27. The molecule has 108 valence electrons. The second-order valence-electron chi connectivity index (χ2n) is 5.71. The van der Waals surface area contributed by atoms with Crippen molar-refractivity contribution in [2.45, 2.75) is 37.8 Å². The molecule has 2 atom stereocenters. The lowest BCUT2D eigenvalue weighted by Gasteiger charge is -2.27. The van der Waals surface area contributed by atoms with E-state index >= 15 is 0 Å². The number of benzene rings is 1. The van der Waals surface area contributed by atoms with E-state index in [1.54, 1.807) is 0 Å². The third kappa shape index (κ3) is 3.55. The summed E-state index contributed by atoms with van der Waals surface area (Å²) >= 11 is 1.94. The van der Waals surface area contributed by atoms with Crippen LogP contribution < -0.4 is 10.6 Å². The van der Waals surface area contributed by atoms with Gasteiger partial charge >= 0.3 is 0 Å². The van der Waals surface area contributed by atoms with E-state index in [4.69, 9.17) is 0 Å². The molecule has 1 heterocycles. The van der Waals surface area contributed by atoms with Crippen LogP contribution in [0.1, 0.15) is 24.0 Å². The highest BCUT2D eigenvalue weighted by molar-refractivity contribution is 7.99. The SMILES string of the molecule is O=C(CC1CSCCN1)NC1CCc2ccccc2C1. The topological polar surface area (TPSA) is 41.1 Å². The molecule has 1 saturated heterocycles. The molecule has 2 N–H and O–H groups in total. The van der Waals surface area contributed by atoms with Gasteiger partial charge in [-0.25, -0.2) is 0 Å². The van der Waals surface area contributed by atoms with Crippen LogP contribution in [0.15, 0.2) is 24.3 Å². The molecule has 1 fully saturated rings. The minimum absolute atomic E-state index is 0.203. The van der Waals surface area contributed by atoms with Crippen LogP contribution in [0, 0.1) is 0 Å². The number of nitrogens with one attached hydrogen (secondary N) is 2. The number of amides is 1. The molecule has 3 rings (SSSR count). The van der Waals surface area contributed by atoms with E-state index in [9.17, 15) is 4.79 Å². The molecule has 1 aromatic carbocycles. The summed E-state index contributed by atoms with van der Waals surface area (Å²) in [4.78, 5) is 12.1. The van der Waals surface area contributed by atoms with E-state index in [0.29, 0.717) is 18.5 Å². The van der Waals surface area contributed by atoms with Gasteiger partial charge in [0.05, 0.1) is 0 Å². The Morgan fingerprint density at radius 3 is 3.00 bits per heavy atom. The molecule has 1 aromatic rings. The van der Waals surface area contributed by atoms with Crippen molar-refractivity contribution in [2.75, 3.05) is 18.1 Å². The maximum absolute atomic E-state index is 12.1. The van der Waals surface area contributed by atoms with Gasteiger partial charge in [0.25, 0.3) is 0 Å². The van der Waals surface area contributed by atoms with Gasteiger partial charge in [-0.2, -0.15) is 11.8 Å². The molecular formula is C16H22N2OS. The number of fused-ring (bicyclic) bond motifs is 1. The number of thioether (sulfide) groups is 1. The number of hydrogen-bond acceptors (Lipinski definition) is 3. The number of carbonyl (C=O) groups is 1. The molecule has 0 saturated carbocycles. The third-order valence-electron chi connectivity index (χ3n) is 4.14. The van der Waals surface area contributed by atoms with Gasteiger partial charge in [-0.05, 0) is 30.4 Å². The Bertz CT molecular complexity index is 471. The molecule has 2 unspecified atom stereocenters. The minimum atomic E-state index is 0.203. The molecule has 0 bridgehead atoms. The lowest BCUT2D eigenvalue weighted by molar-refractivity contribution is -0.122. The zero-order valence-electron chi connectivity index (χ0n) is 11.7. The van der Waals surface area contributed by atoms with Gasteiger partial charge in [-0.1, -0.05) is 24.3 Å². The zero-order chi connectivity index (χ0) is 13.8. The Balaban J connectivity index is 1.50. The highest BCUT2D eigenvalue weighted by Gasteiger charge is 2.22.